The molecule has 2 N–H and O–H groups in total. The van der Waals surface area contributed by atoms with Crippen LogP contribution >= 0.6 is 0 Å². The molecule has 1 heteroatoms. The van der Waals surface area contributed by atoms with Crippen molar-refractivity contribution in [3.8, 4) is 0 Å². The molecule has 0 spiro atoms. The molecule has 1 atom stereocenters. The van der Waals surface area contributed by atoms with E-state index in [4.69, 9.17) is 5.73 Å². The van der Waals surface area contributed by atoms with Gasteiger partial charge in [-0.25, -0.2) is 0 Å². The van der Waals surface area contributed by atoms with Gasteiger partial charge in [0.2, 0.25) is 0 Å². The second kappa shape index (κ2) is 4.10. The molecule has 0 aliphatic heterocycles. The van der Waals surface area contributed by atoms with Gasteiger partial charge in [-0.2, -0.15) is 0 Å². The first kappa shape index (κ1) is 12.7. The average Bonchev–Trinajstić information content (AvgIpc) is 2.27. The van der Waals surface area contributed by atoms with Gasteiger partial charge in [-0.3, -0.25) is 0 Å². The van der Waals surface area contributed by atoms with Crippen LogP contribution in [0.2, 0.25) is 0 Å². The van der Waals surface area contributed by atoms with Gasteiger partial charge in [0.25, 0.3) is 0 Å². The Bertz CT molecular complexity index is 306. The predicted molar refractivity (Wildman–Crippen MR) is 77.2 cm³/mol. The third-order valence-corrected chi connectivity index (χ3v) is 6.75. The van der Waals surface area contributed by atoms with E-state index in [2.05, 4.69) is 20.4 Å². The molecule has 0 aromatic carbocycles. The van der Waals surface area contributed by atoms with Gasteiger partial charge in [0, 0.05) is 6.04 Å². The van der Waals surface area contributed by atoms with E-state index in [-0.39, 0.29) is 11.5 Å². The molecule has 1 nitrogen and oxygen atoms in total. The summed E-state index contributed by atoms with van der Waals surface area (Å²) in [7, 11) is 0. The fourth-order valence-corrected chi connectivity index (χ4v) is 5.77. The molecule has 4 aliphatic carbocycles. The summed E-state index contributed by atoms with van der Waals surface area (Å²) in [6, 6.07) is 0.284. The SMILES string of the molecule is C=CCC(N)C(C)(C)C12CC3CC(CC(C3)C1)C2. The fraction of sp³-hybridized carbons (Fsp3) is 0.882. The van der Waals surface area contributed by atoms with Crippen molar-refractivity contribution in [3.63, 3.8) is 0 Å². The van der Waals surface area contributed by atoms with Crippen LogP contribution in [0.15, 0.2) is 12.7 Å². The van der Waals surface area contributed by atoms with Crippen LogP contribution in [0, 0.1) is 28.6 Å². The number of hydrogen-bond donors (Lipinski definition) is 1. The molecule has 1 unspecified atom stereocenters. The van der Waals surface area contributed by atoms with E-state index in [1.54, 1.807) is 0 Å². The Morgan fingerprint density at radius 3 is 2.00 bits per heavy atom. The van der Waals surface area contributed by atoms with Gasteiger partial charge >= 0.3 is 0 Å². The van der Waals surface area contributed by atoms with Crippen molar-refractivity contribution in [1.82, 2.24) is 0 Å². The van der Waals surface area contributed by atoms with Crippen LogP contribution < -0.4 is 5.73 Å². The van der Waals surface area contributed by atoms with E-state index in [0.29, 0.717) is 5.41 Å². The van der Waals surface area contributed by atoms with Gasteiger partial charge in [0.05, 0.1) is 0 Å². The molecule has 4 aliphatic rings. The second-order valence-corrected chi connectivity index (χ2v) is 8.05. The molecule has 4 rings (SSSR count). The van der Waals surface area contributed by atoms with Crippen LogP contribution in [-0.4, -0.2) is 6.04 Å². The monoisotopic (exact) mass is 247 g/mol. The van der Waals surface area contributed by atoms with Crippen LogP contribution in [0.5, 0.6) is 0 Å². The van der Waals surface area contributed by atoms with Crippen molar-refractivity contribution < 1.29 is 0 Å². The van der Waals surface area contributed by atoms with Crippen LogP contribution in [0.1, 0.15) is 58.8 Å². The summed E-state index contributed by atoms with van der Waals surface area (Å²) in [5, 5.41) is 0. The highest BCUT2D eigenvalue weighted by Crippen LogP contribution is 2.66. The molecular formula is C17H29N. The van der Waals surface area contributed by atoms with Gasteiger partial charge in [0.1, 0.15) is 0 Å². The predicted octanol–water partition coefficient (Wildman–Crippen LogP) is 4.13. The summed E-state index contributed by atoms with van der Waals surface area (Å²) >= 11 is 0. The van der Waals surface area contributed by atoms with E-state index in [1.807, 2.05) is 6.08 Å². The largest absolute Gasteiger partial charge is 0.327 e. The van der Waals surface area contributed by atoms with E-state index in [0.717, 1.165) is 24.2 Å². The Labute approximate surface area is 112 Å². The summed E-state index contributed by atoms with van der Waals surface area (Å²) in [6.45, 7) is 8.76. The van der Waals surface area contributed by atoms with Gasteiger partial charge in [-0.1, -0.05) is 19.9 Å². The molecule has 0 radical (unpaired) electrons. The first-order valence-electron chi connectivity index (χ1n) is 7.83. The molecule has 0 heterocycles. The first-order valence-corrected chi connectivity index (χ1v) is 7.83. The van der Waals surface area contributed by atoms with Gasteiger partial charge in [-0.05, 0) is 73.5 Å². The molecular weight excluding hydrogens is 218 g/mol. The minimum absolute atomic E-state index is 0.275. The second-order valence-electron chi connectivity index (χ2n) is 8.05. The lowest BCUT2D eigenvalue weighted by atomic mass is 9.42. The van der Waals surface area contributed by atoms with Gasteiger partial charge < -0.3 is 5.73 Å². The topological polar surface area (TPSA) is 26.0 Å². The van der Waals surface area contributed by atoms with E-state index in [9.17, 15) is 0 Å². The highest BCUT2D eigenvalue weighted by molar-refractivity contribution is 5.09. The molecule has 0 aromatic rings. The van der Waals surface area contributed by atoms with Crippen molar-refractivity contribution in [1.29, 1.82) is 0 Å². The fourth-order valence-electron chi connectivity index (χ4n) is 5.77. The van der Waals surface area contributed by atoms with E-state index < -0.39 is 0 Å². The Hall–Kier alpha value is -0.300. The van der Waals surface area contributed by atoms with Crippen molar-refractivity contribution in [2.75, 3.05) is 0 Å². The minimum atomic E-state index is 0.275. The minimum Gasteiger partial charge on any atom is -0.327 e. The first-order chi connectivity index (χ1) is 8.47. The molecule has 0 amide bonds. The van der Waals surface area contributed by atoms with Crippen LogP contribution in [0.3, 0.4) is 0 Å². The van der Waals surface area contributed by atoms with Gasteiger partial charge in [-0.15, -0.1) is 6.58 Å². The normalized spacial score (nSPS) is 44.1. The Morgan fingerprint density at radius 2 is 1.61 bits per heavy atom. The Kier molecular flexibility index (Phi) is 2.89. The van der Waals surface area contributed by atoms with Gasteiger partial charge in [0.15, 0.2) is 0 Å². The zero-order valence-corrected chi connectivity index (χ0v) is 12.1. The summed E-state index contributed by atoms with van der Waals surface area (Å²) in [5.41, 5.74) is 7.33. The van der Waals surface area contributed by atoms with Crippen LogP contribution in [-0.2, 0) is 0 Å². The lowest BCUT2D eigenvalue weighted by Crippen LogP contribution is -2.58. The smallest absolute Gasteiger partial charge is 0.0130 e. The molecule has 0 saturated heterocycles. The quantitative estimate of drug-likeness (QED) is 0.743. The molecule has 18 heavy (non-hydrogen) atoms. The van der Waals surface area contributed by atoms with Crippen molar-refractivity contribution in [2.24, 2.45) is 34.3 Å². The average molecular weight is 247 g/mol. The highest BCUT2D eigenvalue weighted by atomic mass is 14.7. The zero-order chi connectivity index (χ0) is 13.0. The Morgan fingerprint density at radius 1 is 1.17 bits per heavy atom. The highest BCUT2D eigenvalue weighted by Gasteiger charge is 2.58. The Balaban J connectivity index is 1.88. The van der Waals surface area contributed by atoms with Crippen LogP contribution in [0.4, 0.5) is 0 Å². The summed E-state index contributed by atoms with van der Waals surface area (Å²) < 4.78 is 0. The standard InChI is InChI=1S/C17H29N/c1-4-5-15(18)16(2,3)17-9-12-6-13(10-17)8-14(7-12)11-17/h4,12-15H,1,5-11,18H2,2-3H3. The number of nitrogens with two attached hydrogens (primary N) is 1. The van der Waals surface area contributed by atoms with Crippen molar-refractivity contribution >= 4 is 0 Å². The third kappa shape index (κ3) is 1.70. The molecule has 0 aromatic heterocycles. The van der Waals surface area contributed by atoms with Crippen molar-refractivity contribution in [2.45, 2.75) is 64.8 Å². The number of hydrogen-bond acceptors (Lipinski definition) is 1. The summed E-state index contributed by atoms with van der Waals surface area (Å²) in [6.07, 6.45) is 11.9. The van der Waals surface area contributed by atoms with E-state index >= 15 is 0 Å². The lowest BCUT2D eigenvalue weighted by Gasteiger charge is -2.63. The summed E-state index contributed by atoms with van der Waals surface area (Å²) in [5.74, 6) is 3.06. The van der Waals surface area contributed by atoms with Crippen molar-refractivity contribution in [3.05, 3.63) is 12.7 Å². The third-order valence-electron chi connectivity index (χ3n) is 6.75. The maximum atomic E-state index is 6.51. The van der Waals surface area contributed by atoms with E-state index in [1.165, 1.54) is 38.5 Å². The van der Waals surface area contributed by atoms with Crippen LogP contribution in [0.25, 0.3) is 0 Å². The maximum absolute atomic E-state index is 6.51. The lowest BCUT2D eigenvalue weighted by molar-refractivity contribution is -0.127. The molecule has 4 saturated carbocycles. The maximum Gasteiger partial charge on any atom is 0.0130 e. The molecule has 4 fully saturated rings. The number of rotatable bonds is 4. The summed E-state index contributed by atoms with van der Waals surface area (Å²) in [4.78, 5) is 0. The zero-order valence-electron chi connectivity index (χ0n) is 12.1. The molecule has 4 bridgehead atoms. The molecule has 102 valence electrons.